The summed E-state index contributed by atoms with van der Waals surface area (Å²) in [5, 5.41) is 0. The number of benzene rings is 2. The van der Waals surface area contributed by atoms with Crippen LogP contribution in [-0.2, 0) is 43.0 Å². The number of H-pyrrole nitrogens is 1. The van der Waals surface area contributed by atoms with E-state index in [-0.39, 0.29) is 45.5 Å². The van der Waals surface area contributed by atoms with Crippen LogP contribution < -0.4 is 8.61 Å². The number of sulfonamides is 2. The highest BCUT2D eigenvalue weighted by atomic mass is 79.9. The highest BCUT2D eigenvalue weighted by Gasteiger charge is 2.32. The number of carbonyl (C=O) groups is 3. The summed E-state index contributed by atoms with van der Waals surface area (Å²) in [6.45, 7) is 32.5. The first-order valence-electron chi connectivity index (χ1n) is 27.4. The summed E-state index contributed by atoms with van der Waals surface area (Å²) >= 11 is 3.34. The number of nitrogens with zero attached hydrogens (tertiary/aromatic N) is 10. The Bertz CT molecular complexity index is 3880. The molecule has 0 fully saturated rings. The largest absolute Gasteiger partial charge is 0.361 e. The van der Waals surface area contributed by atoms with Gasteiger partial charge < -0.3 is 23.6 Å². The van der Waals surface area contributed by atoms with E-state index in [0.29, 0.717) is 68.1 Å². The van der Waals surface area contributed by atoms with Crippen LogP contribution in [0.15, 0.2) is 112 Å². The van der Waals surface area contributed by atoms with Crippen LogP contribution >= 0.6 is 15.9 Å². The number of ether oxygens (including phenoxy) is 2. The topological polar surface area (TPSA) is 247 Å². The summed E-state index contributed by atoms with van der Waals surface area (Å²) in [7, 11) is -7.10. The number of fused-ring (bicyclic) bond motifs is 3. The van der Waals surface area contributed by atoms with Crippen LogP contribution in [0.3, 0.4) is 0 Å². The highest BCUT2D eigenvalue weighted by molar-refractivity contribution is 9.10. The first-order valence-corrected chi connectivity index (χ1v) is 38.5. The van der Waals surface area contributed by atoms with Crippen LogP contribution in [-0.4, -0.2) is 122 Å². The molecule has 6 aromatic heterocycles. The zero-order chi connectivity index (χ0) is 62.5. The highest BCUT2D eigenvalue weighted by Crippen LogP contribution is 2.32. The third-order valence-corrected chi connectivity index (χ3v) is 20.5. The van der Waals surface area contributed by atoms with Crippen LogP contribution in [0.1, 0.15) is 93.4 Å². The minimum Gasteiger partial charge on any atom is -0.361 e. The lowest BCUT2D eigenvalue weighted by atomic mass is 9.87. The lowest BCUT2D eigenvalue weighted by molar-refractivity contribution is 0.0842. The van der Waals surface area contributed by atoms with Crippen molar-refractivity contribution < 1.29 is 40.7 Å². The van der Waals surface area contributed by atoms with Gasteiger partial charge in [-0.25, -0.2) is 46.7 Å². The number of rotatable bonds is 19. The molecule has 8 rings (SSSR count). The molecule has 0 saturated carbocycles. The maximum atomic E-state index is 13.2. The van der Waals surface area contributed by atoms with Gasteiger partial charge in [0.05, 0.1) is 45.1 Å². The van der Waals surface area contributed by atoms with Crippen LogP contribution in [0.2, 0.25) is 51.4 Å². The number of aromatic amines is 1. The van der Waals surface area contributed by atoms with E-state index in [0.717, 1.165) is 27.3 Å². The van der Waals surface area contributed by atoms with E-state index in [1.807, 2.05) is 73.1 Å². The van der Waals surface area contributed by atoms with Crippen molar-refractivity contribution in [2.24, 2.45) is 16.2 Å². The Hall–Kier alpha value is -6.36. The molecule has 1 N–H and O–H groups in total. The Morgan fingerprint density at radius 3 is 1.32 bits per heavy atom. The van der Waals surface area contributed by atoms with E-state index in [1.165, 1.54) is 50.8 Å². The number of Topliss-reactive ketones (excluding diaryl/α,β-unsaturated/α-hetero) is 3. The monoisotopic (exact) mass is 1290 g/mol. The first kappa shape index (κ1) is 66.8. The number of hydrogen-bond donors (Lipinski definition) is 1. The van der Waals surface area contributed by atoms with E-state index in [1.54, 1.807) is 59.6 Å². The predicted molar refractivity (Wildman–Crippen MR) is 340 cm³/mol. The fourth-order valence-electron chi connectivity index (χ4n) is 8.00. The zero-order valence-corrected chi connectivity index (χ0v) is 56.5. The number of aromatic nitrogens is 9. The first-order chi connectivity index (χ1) is 38.8. The van der Waals surface area contributed by atoms with Gasteiger partial charge in [-0.3, -0.25) is 23.0 Å². The standard InChI is InChI=1S/C24H34N4O4SSi.C18H20N4O3S.C17H26BrN3O2Si/c1-24(2,3)22(29)19-16-28(17-32-13-14-34(5,6)7)23-21(19)26-20(15-25-23)27(4)33(30,31)18-11-9-8-10-12-18;1-18(2,3)16(23)13-10-19-17-15(13)21-14(11-20-17)22(4)26(24,25)12-8-6-5-7-9-12;1-17(2,3)15(22)12-10-21(11-23-7-8-24(4,5)6)16-14(12)20-13(18)9-19-16/h8-12,15-16H,13-14,17H2,1-7H3;5-11H,1-4H3,(H,19,20);9-10H,7-8,11H2,1-6H3. The molecule has 0 aliphatic rings. The number of nitrogens with one attached hydrogen (secondary N) is 1. The number of ketones is 3. The van der Waals surface area contributed by atoms with Crippen molar-refractivity contribution in [3.05, 3.63) is 119 Å². The van der Waals surface area contributed by atoms with E-state index < -0.39 is 52.4 Å². The second-order valence-corrected chi connectivity index (χ2v) is 41.9. The molecule has 8 aromatic rings. The van der Waals surface area contributed by atoms with Crippen molar-refractivity contribution in [3.8, 4) is 0 Å². The molecule has 20 nitrogen and oxygen atoms in total. The van der Waals surface area contributed by atoms with Crippen molar-refractivity contribution in [1.82, 2.24) is 44.0 Å². The Morgan fingerprint density at radius 2 is 0.917 bits per heavy atom. The number of hydrogen-bond acceptors (Lipinski definition) is 15. The molecule has 0 unspecified atom stereocenters. The van der Waals surface area contributed by atoms with Crippen LogP contribution in [0, 0.1) is 16.2 Å². The zero-order valence-electron chi connectivity index (χ0n) is 51.3. The number of anilines is 2. The fourth-order valence-corrected chi connectivity index (χ4v) is 12.1. The molecule has 0 amide bonds. The fraction of sp³-hybridized carbons (Fsp3) is 0.441. The average molecular weight is 1290 g/mol. The Labute approximate surface area is 504 Å². The summed E-state index contributed by atoms with van der Waals surface area (Å²) in [5.41, 5.74) is 2.63. The molecule has 0 bridgehead atoms. The molecule has 2 aromatic carbocycles. The molecule has 0 spiro atoms. The summed E-state index contributed by atoms with van der Waals surface area (Å²) in [4.78, 5) is 68.4. The molecule has 6 heterocycles. The predicted octanol–water partition coefficient (Wildman–Crippen LogP) is 12.5. The van der Waals surface area contributed by atoms with Gasteiger partial charge in [-0.2, -0.15) is 0 Å². The summed E-state index contributed by atoms with van der Waals surface area (Å²) < 4.78 is 69.8. The molecule has 0 atom stereocenters. The maximum absolute atomic E-state index is 13.2. The van der Waals surface area contributed by atoms with Gasteiger partial charge >= 0.3 is 0 Å². The Morgan fingerprint density at radius 1 is 0.548 bits per heavy atom. The van der Waals surface area contributed by atoms with Gasteiger partial charge in [0.2, 0.25) is 0 Å². The summed E-state index contributed by atoms with van der Waals surface area (Å²) in [5.74, 6) is 0.142. The van der Waals surface area contributed by atoms with Crippen molar-refractivity contribution >= 4 is 115 Å². The Kier molecular flexibility index (Phi) is 20.7. The van der Waals surface area contributed by atoms with Gasteiger partial charge in [0.15, 0.2) is 45.9 Å². The molecule has 84 heavy (non-hydrogen) atoms. The minimum absolute atomic E-state index is 0.0562. The van der Waals surface area contributed by atoms with E-state index >= 15 is 0 Å². The van der Waals surface area contributed by atoms with Crippen LogP contribution in [0.25, 0.3) is 33.5 Å². The number of halogens is 1. The van der Waals surface area contributed by atoms with Gasteiger partial charge in [-0.1, -0.05) is 138 Å². The summed E-state index contributed by atoms with van der Waals surface area (Å²) in [6.07, 6.45) is 9.51. The second kappa shape index (κ2) is 26.1. The van der Waals surface area contributed by atoms with Crippen LogP contribution in [0.4, 0.5) is 11.6 Å². The quantitative estimate of drug-likeness (QED) is 0.0449. The van der Waals surface area contributed by atoms with Gasteiger partial charge in [-0.15, -0.1) is 0 Å². The normalized spacial score (nSPS) is 12.6. The minimum atomic E-state index is -3.83. The molecular weight excluding hydrogens is 1210 g/mol. The van der Waals surface area contributed by atoms with E-state index in [2.05, 4.69) is 90.1 Å². The lowest BCUT2D eigenvalue weighted by Crippen LogP contribution is -2.27. The molecule has 452 valence electrons. The number of carbonyl (C=O) groups excluding carboxylic acids is 3. The molecular formula is C59H80BrN11O9S2Si2. The van der Waals surface area contributed by atoms with Gasteiger partial charge in [0.1, 0.15) is 34.6 Å². The van der Waals surface area contributed by atoms with Crippen molar-refractivity contribution in [3.63, 3.8) is 0 Å². The molecule has 0 aliphatic heterocycles. The van der Waals surface area contributed by atoms with Crippen molar-refractivity contribution in [2.45, 2.75) is 137 Å². The summed E-state index contributed by atoms with van der Waals surface area (Å²) in [6, 6.07) is 18.4. The van der Waals surface area contributed by atoms with Crippen molar-refractivity contribution in [2.75, 3.05) is 35.9 Å². The lowest BCUT2D eigenvalue weighted by Gasteiger charge is -2.19. The smallest absolute Gasteiger partial charge is 0.265 e. The molecule has 25 heteroatoms. The van der Waals surface area contributed by atoms with E-state index in [4.69, 9.17) is 9.47 Å². The average Bonchev–Trinajstić information content (AvgIpc) is 1.96. The SMILES string of the molecule is CC(C)(C)C(=O)c1cn(COCC[Si](C)(C)C)c2ncc(Br)nc12.CN(c1cnc2[nH]cc(C(=O)C(C)(C)C)c2n1)S(=O)(=O)c1ccccc1.CN(c1cnc2c(n1)c(C(=O)C(C)(C)C)cn2COCC[Si](C)(C)C)S(=O)(=O)c1ccccc1. The molecule has 0 saturated heterocycles. The van der Waals surface area contributed by atoms with Gasteiger partial charge in [-0.05, 0) is 52.3 Å². The van der Waals surface area contributed by atoms with Crippen molar-refractivity contribution in [1.29, 1.82) is 0 Å². The second-order valence-electron chi connectivity index (χ2n) is 25.9. The third kappa shape index (κ3) is 16.5. The third-order valence-electron chi connectivity index (χ3n) is 13.1. The molecule has 0 aliphatic carbocycles. The van der Waals surface area contributed by atoms with Gasteiger partial charge in [0.25, 0.3) is 20.0 Å². The Balaban J connectivity index is 0.000000206. The van der Waals surface area contributed by atoms with Crippen LogP contribution in [0.5, 0.6) is 0 Å². The maximum Gasteiger partial charge on any atom is 0.265 e. The van der Waals surface area contributed by atoms with Gasteiger partial charge in [0, 0.05) is 78.3 Å². The molecule has 0 radical (unpaired) electrons. The van der Waals surface area contributed by atoms with E-state index in [9.17, 15) is 31.2 Å².